The third kappa shape index (κ3) is 3.28. The largest absolute Gasteiger partial charge is 0.313 e. The summed E-state index contributed by atoms with van der Waals surface area (Å²) in [7, 11) is 0. The highest BCUT2D eigenvalue weighted by molar-refractivity contribution is 5.85. The Morgan fingerprint density at radius 3 is 2.25 bits per heavy atom. The van der Waals surface area contributed by atoms with Crippen LogP contribution in [0.5, 0.6) is 0 Å². The van der Waals surface area contributed by atoms with Crippen LogP contribution >= 0.6 is 12.4 Å². The number of halogens is 2. The summed E-state index contributed by atoms with van der Waals surface area (Å²) in [4.78, 5) is 0. The molecule has 0 bridgehead atoms. The van der Waals surface area contributed by atoms with Gasteiger partial charge in [0.05, 0.1) is 0 Å². The van der Waals surface area contributed by atoms with Gasteiger partial charge in [-0.3, -0.25) is 0 Å². The SMILES string of the molecule is CC(C)(C)C1CC(F)CCN1.Cl. The number of hydrogen-bond donors (Lipinski definition) is 1. The zero-order chi connectivity index (χ0) is 8.48. The quantitative estimate of drug-likeness (QED) is 0.627. The molecule has 0 aromatic rings. The molecular weight excluding hydrogens is 177 g/mol. The van der Waals surface area contributed by atoms with Gasteiger partial charge >= 0.3 is 0 Å². The maximum atomic E-state index is 12.9. The standard InChI is InChI=1S/C9H18FN.ClH/c1-9(2,3)8-6-7(10)4-5-11-8;/h7-8,11H,4-6H2,1-3H3;1H. The molecule has 1 N–H and O–H groups in total. The van der Waals surface area contributed by atoms with E-state index in [9.17, 15) is 4.39 Å². The molecule has 74 valence electrons. The van der Waals surface area contributed by atoms with Crippen molar-refractivity contribution in [3.63, 3.8) is 0 Å². The molecule has 1 aliphatic heterocycles. The molecule has 2 unspecified atom stereocenters. The van der Waals surface area contributed by atoms with E-state index in [1.54, 1.807) is 0 Å². The van der Waals surface area contributed by atoms with Gasteiger partial charge in [0.15, 0.2) is 0 Å². The van der Waals surface area contributed by atoms with Crippen molar-refractivity contribution in [2.45, 2.75) is 45.8 Å². The third-order valence-electron chi connectivity index (χ3n) is 2.39. The number of piperidine rings is 1. The van der Waals surface area contributed by atoms with Crippen molar-refractivity contribution in [1.82, 2.24) is 5.32 Å². The second-order valence-electron chi connectivity index (χ2n) is 4.49. The lowest BCUT2D eigenvalue weighted by Crippen LogP contribution is -2.46. The van der Waals surface area contributed by atoms with Gasteiger partial charge in [0.1, 0.15) is 6.17 Å². The van der Waals surface area contributed by atoms with Crippen LogP contribution in [0.1, 0.15) is 33.6 Å². The highest BCUT2D eigenvalue weighted by atomic mass is 35.5. The molecule has 0 saturated carbocycles. The maximum Gasteiger partial charge on any atom is 0.103 e. The lowest BCUT2D eigenvalue weighted by atomic mass is 9.81. The van der Waals surface area contributed by atoms with Crippen molar-refractivity contribution in [1.29, 1.82) is 0 Å². The van der Waals surface area contributed by atoms with Crippen LogP contribution in [0.4, 0.5) is 4.39 Å². The first-order valence-corrected chi connectivity index (χ1v) is 4.37. The fourth-order valence-corrected chi connectivity index (χ4v) is 1.53. The Morgan fingerprint density at radius 1 is 1.33 bits per heavy atom. The van der Waals surface area contributed by atoms with Crippen molar-refractivity contribution in [3.8, 4) is 0 Å². The van der Waals surface area contributed by atoms with Gasteiger partial charge in [-0.15, -0.1) is 12.4 Å². The van der Waals surface area contributed by atoms with E-state index in [1.165, 1.54) is 0 Å². The Hall–Kier alpha value is 0.180. The van der Waals surface area contributed by atoms with E-state index in [0.29, 0.717) is 18.9 Å². The lowest BCUT2D eigenvalue weighted by molar-refractivity contribution is 0.152. The first-order chi connectivity index (χ1) is 5.00. The van der Waals surface area contributed by atoms with Gasteiger partial charge in [-0.2, -0.15) is 0 Å². The third-order valence-corrected chi connectivity index (χ3v) is 2.39. The van der Waals surface area contributed by atoms with Crippen LogP contribution in [0.25, 0.3) is 0 Å². The molecular formula is C9H19ClFN. The predicted octanol–water partition coefficient (Wildman–Crippen LogP) is 2.54. The van der Waals surface area contributed by atoms with Gasteiger partial charge in [0.2, 0.25) is 0 Å². The summed E-state index contributed by atoms with van der Waals surface area (Å²) in [5, 5.41) is 3.35. The van der Waals surface area contributed by atoms with Gasteiger partial charge in [0, 0.05) is 6.04 Å². The second-order valence-corrected chi connectivity index (χ2v) is 4.49. The Bertz CT molecular complexity index is 133. The summed E-state index contributed by atoms with van der Waals surface area (Å²) in [5.41, 5.74) is 0.199. The second kappa shape index (κ2) is 4.43. The van der Waals surface area contributed by atoms with E-state index in [-0.39, 0.29) is 17.8 Å². The molecule has 0 aromatic heterocycles. The summed E-state index contributed by atoms with van der Waals surface area (Å²) in [6.45, 7) is 7.30. The highest BCUT2D eigenvalue weighted by Gasteiger charge is 2.29. The van der Waals surface area contributed by atoms with Gasteiger partial charge in [0.25, 0.3) is 0 Å². The predicted molar refractivity (Wildman–Crippen MR) is 52.6 cm³/mol. The number of hydrogen-bond acceptors (Lipinski definition) is 1. The molecule has 0 aliphatic carbocycles. The number of alkyl halides is 1. The summed E-state index contributed by atoms with van der Waals surface area (Å²) in [6.07, 6.45) is 0.788. The number of nitrogens with one attached hydrogen (secondary N) is 1. The van der Waals surface area contributed by atoms with Crippen LogP contribution in [0.15, 0.2) is 0 Å². The van der Waals surface area contributed by atoms with E-state index in [1.807, 2.05) is 0 Å². The lowest BCUT2D eigenvalue weighted by Gasteiger charge is -2.36. The summed E-state index contributed by atoms with van der Waals surface area (Å²) >= 11 is 0. The maximum absolute atomic E-state index is 12.9. The molecule has 1 saturated heterocycles. The fourth-order valence-electron chi connectivity index (χ4n) is 1.53. The molecule has 0 spiro atoms. The van der Waals surface area contributed by atoms with Crippen LogP contribution in [0.2, 0.25) is 0 Å². The molecule has 12 heavy (non-hydrogen) atoms. The van der Waals surface area contributed by atoms with Crippen LogP contribution in [-0.2, 0) is 0 Å². The van der Waals surface area contributed by atoms with E-state index in [0.717, 1.165) is 6.54 Å². The molecule has 2 atom stereocenters. The minimum Gasteiger partial charge on any atom is -0.313 e. The van der Waals surface area contributed by atoms with Crippen LogP contribution in [0, 0.1) is 5.41 Å². The molecule has 0 aromatic carbocycles. The summed E-state index contributed by atoms with van der Waals surface area (Å²) in [6, 6.07) is 0.353. The first-order valence-electron chi connectivity index (χ1n) is 4.37. The van der Waals surface area contributed by atoms with Crippen LogP contribution in [0.3, 0.4) is 0 Å². The minimum absolute atomic E-state index is 0. The van der Waals surface area contributed by atoms with Crippen molar-refractivity contribution in [2.75, 3.05) is 6.54 Å². The summed E-state index contributed by atoms with van der Waals surface area (Å²) < 4.78 is 12.9. The normalized spacial score (nSPS) is 31.0. The van der Waals surface area contributed by atoms with Crippen molar-refractivity contribution < 1.29 is 4.39 Å². The van der Waals surface area contributed by atoms with Gasteiger partial charge in [-0.25, -0.2) is 4.39 Å². The van der Waals surface area contributed by atoms with Gasteiger partial charge < -0.3 is 5.32 Å². The highest BCUT2D eigenvalue weighted by Crippen LogP contribution is 2.26. The van der Waals surface area contributed by atoms with Crippen LogP contribution in [-0.4, -0.2) is 18.8 Å². The van der Waals surface area contributed by atoms with E-state index < -0.39 is 6.17 Å². The zero-order valence-corrected chi connectivity index (χ0v) is 8.88. The smallest absolute Gasteiger partial charge is 0.103 e. The Kier molecular flexibility index (Phi) is 4.49. The molecule has 1 fully saturated rings. The summed E-state index contributed by atoms with van der Waals surface area (Å²) in [5.74, 6) is 0. The van der Waals surface area contributed by atoms with Crippen molar-refractivity contribution in [2.24, 2.45) is 5.41 Å². The average molecular weight is 196 g/mol. The van der Waals surface area contributed by atoms with Crippen molar-refractivity contribution in [3.05, 3.63) is 0 Å². The van der Waals surface area contributed by atoms with E-state index in [4.69, 9.17) is 0 Å². The Morgan fingerprint density at radius 2 is 1.92 bits per heavy atom. The fraction of sp³-hybridized carbons (Fsp3) is 1.00. The molecule has 1 heterocycles. The average Bonchev–Trinajstić information content (AvgIpc) is 1.86. The zero-order valence-electron chi connectivity index (χ0n) is 8.06. The Balaban J connectivity index is 0.00000121. The van der Waals surface area contributed by atoms with Gasteiger partial charge in [-0.1, -0.05) is 20.8 Å². The first kappa shape index (κ1) is 12.2. The molecule has 3 heteroatoms. The molecule has 1 rings (SSSR count). The minimum atomic E-state index is -0.583. The number of rotatable bonds is 0. The van der Waals surface area contributed by atoms with Crippen molar-refractivity contribution >= 4 is 12.4 Å². The molecule has 1 aliphatic rings. The molecule has 0 amide bonds. The molecule has 1 nitrogen and oxygen atoms in total. The van der Waals surface area contributed by atoms with Crippen LogP contribution < -0.4 is 5.32 Å². The van der Waals surface area contributed by atoms with E-state index >= 15 is 0 Å². The molecule has 0 radical (unpaired) electrons. The monoisotopic (exact) mass is 195 g/mol. The van der Waals surface area contributed by atoms with E-state index in [2.05, 4.69) is 26.1 Å². The van der Waals surface area contributed by atoms with Gasteiger partial charge in [-0.05, 0) is 24.8 Å². The topological polar surface area (TPSA) is 12.0 Å². The Labute approximate surface area is 80.5 Å².